The van der Waals surface area contributed by atoms with Gasteiger partial charge in [0.15, 0.2) is 0 Å². The minimum absolute atomic E-state index is 0.0849. The standard InChI is InChI=1S/C10H18N4O6/c11-5(10(18)19)1-4-8(16)13-6(9(17)14-20)2-3-7(12)15/h5-6,20H,1-4,11H2,(H2,12,15)(H,13,16)(H,14,17)(H,18,19). The van der Waals surface area contributed by atoms with Gasteiger partial charge in [0.05, 0.1) is 0 Å². The van der Waals surface area contributed by atoms with Crippen LogP contribution in [-0.4, -0.2) is 46.1 Å². The van der Waals surface area contributed by atoms with Crippen LogP contribution in [0.3, 0.4) is 0 Å². The van der Waals surface area contributed by atoms with Gasteiger partial charge < -0.3 is 21.9 Å². The summed E-state index contributed by atoms with van der Waals surface area (Å²) in [6.45, 7) is 0. The van der Waals surface area contributed by atoms with Crippen molar-refractivity contribution < 1.29 is 29.5 Å². The van der Waals surface area contributed by atoms with Crippen molar-refractivity contribution in [3.05, 3.63) is 0 Å². The number of nitrogens with two attached hydrogens (primary N) is 2. The van der Waals surface area contributed by atoms with Crippen LogP contribution in [0.1, 0.15) is 25.7 Å². The summed E-state index contributed by atoms with van der Waals surface area (Å²) in [5.74, 6) is -3.43. The van der Waals surface area contributed by atoms with Crippen LogP contribution in [0.4, 0.5) is 0 Å². The quantitative estimate of drug-likeness (QED) is 0.199. The van der Waals surface area contributed by atoms with Crippen molar-refractivity contribution >= 4 is 23.7 Å². The first-order valence-corrected chi connectivity index (χ1v) is 5.78. The lowest BCUT2D eigenvalue weighted by Gasteiger charge is -2.16. The largest absolute Gasteiger partial charge is 0.480 e. The predicted molar refractivity (Wildman–Crippen MR) is 65.1 cm³/mol. The van der Waals surface area contributed by atoms with Crippen molar-refractivity contribution in [3.63, 3.8) is 0 Å². The number of carbonyl (C=O) groups is 4. The van der Waals surface area contributed by atoms with E-state index in [9.17, 15) is 19.2 Å². The smallest absolute Gasteiger partial charge is 0.320 e. The number of rotatable bonds is 9. The molecule has 0 rings (SSSR count). The monoisotopic (exact) mass is 290 g/mol. The highest BCUT2D eigenvalue weighted by Gasteiger charge is 2.21. The molecule has 0 aromatic rings. The Hall–Kier alpha value is -2.20. The van der Waals surface area contributed by atoms with Gasteiger partial charge in [0.25, 0.3) is 5.91 Å². The molecule has 0 aliphatic heterocycles. The van der Waals surface area contributed by atoms with Gasteiger partial charge >= 0.3 is 5.97 Å². The van der Waals surface area contributed by atoms with E-state index >= 15 is 0 Å². The van der Waals surface area contributed by atoms with Crippen LogP contribution >= 0.6 is 0 Å². The maximum absolute atomic E-state index is 11.5. The zero-order valence-corrected chi connectivity index (χ0v) is 10.7. The highest BCUT2D eigenvalue weighted by Crippen LogP contribution is 2.00. The Morgan fingerprint density at radius 1 is 1.10 bits per heavy atom. The highest BCUT2D eigenvalue weighted by atomic mass is 16.5. The van der Waals surface area contributed by atoms with Gasteiger partial charge in [0.1, 0.15) is 12.1 Å². The lowest BCUT2D eigenvalue weighted by atomic mass is 10.1. The number of primary amides is 1. The van der Waals surface area contributed by atoms with E-state index in [2.05, 4.69) is 5.32 Å². The van der Waals surface area contributed by atoms with Crippen LogP contribution in [0.2, 0.25) is 0 Å². The number of nitrogens with one attached hydrogen (secondary N) is 2. The third kappa shape index (κ3) is 7.28. The van der Waals surface area contributed by atoms with Gasteiger partial charge in [0, 0.05) is 12.8 Å². The summed E-state index contributed by atoms with van der Waals surface area (Å²) in [5.41, 5.74) is 11.5. The number of carbonyl (C=O) groups excluding carboxylic acids is 3. The molecule has 8 N–H and O–H groups in total. The van der Waals surface area contributed by atoms with E-state index in [1.165, 1.54) is 5.48 Å². The molecule has 20 heavy (non-hydrogen) atoms. The van der Waals surface area contributed by atoms with Gasteiger partial charge in [-0.15, -0.1) is 0 Å². The molecule has 0 spiro atoms. The molecule has 0 bridgehead atoms. The van der Waals surface area contributed by atoms with Gasteiger partial charge in [0.2, 0.25) is 11.8 Å². The van der Waals surface area contributed by atoms with E-state index < -0.39 is 35.8 Å². The number of carboxylic acid groups (broad SMARTS) is 1. The first-order chi connectivity index (χ1) is 9.27. The zero-order valence-electron chi connectivity index (χ0n) is 10.7. The maximum Gasteiger partial charge on any atom is 0.320 e. The number of hydroxylamine groups is 1. The lowest BCUT2D eigenvalue weighted by Crippen LogP contribution is -2.46. The Labute approximate surface area is 114 Å². The second-order valence-corrected chi connectivity index (χ2v) is 4.08. The van der Waals surface area contributed by atoms with E-state index in [1.807, 2.05) is 0 Å². The molecular formula is C10H18N4O6. The minimum atomic E-state index is -1.24. The first kappa shape index (κ1) is 17.8. The number of carboxylic acids is 1. The summed E-state index contributed by atoms with van der Waals surface area (Å²) >= 11 is 0. The average Bonchev–Trinajstić information content (AvgIpc) is 2.39. The summed E-state index contributed by atoms with van der Waals surface area (Å²) in [6, 6.07) is -2.32. The van der Waals surface area contributed by atoms with Crippen LogP contribution in [0.15, 0.2) is 0 Å². The Morgan fingerprint density at radius 3 is 2.15 bits per heavy atom. The molecule has 10 nitrogen and oxygen atoms in total. The fourth-order valence-corrected chi connectivity index (χ4v) is 1.31. The molecule has 0 saturated carbocycles. The maximum atomic E-state index is 11.5. The summed E-state index contributed by atoms with van der Waals surface area (Å²) in [7, 11) is 0. The highest BCUT2D eigenvalue weighted by molar-refractivity contribution is 5.87. The molecule has 0 aliphatic carbocycles. The first-order valence-electron chi connectivity index (χ1n) is 5.78. The Balaban J connectivity index is 4.34. The number of hydrogen-bond donors (Lipinski definition) is 6. The molecule has 0 heterocycles. The van der Waals surface area contributed by atoms with Crippen LogP contribution in [0.25, 0.3) is 0 Å². The molecule has 0 aromatic heterocycles. The number of aliphatic carboxylic acids is 1. The summed E-state index contributed by atoms with van der Waals surface area (Å²) in [5, 5.41) is 19.3. The molecule has 0 aliphatic rings. The van der Waals surface area contributed by atoms with Crippen molar-refractivity contribution in [3.8, 4) is 0 Å². The Morgan fingerprint density at radius 2 is 1.70 bits per heavy atom. The fraction of sp³-hybridized carbons (Fsp3) is 0.600. The molecular weight excluding hydrogens is 272 g/mol. The molecule has 3 amide bonds. The normalized spacial score (nSPS) is 13.1. The van der Waals surface area contributed by atoms with Crippen LogP contribution in [-0.2, 0) is 19.2 Å². The molecule has 114 valence electrons. The van der Waals surface area contributed by atoms with E-state index in [4.69, 9.17) is 21.8 Å². The summed E-state index contributed by atoms with van der Waals surface area (Å²) in [6.07, 6.45) is -0.560. The minimum Gasteiger partial charge on any atom is -0.480 e. The fourth-order valence-electron chi connectivity index (χ4n) is 1.31. The van der Waals surface area contributed by atoms with Crippen molar-refractivity contribution in [1.29, 1.82) is 0 Å². The van der Waals surface area contributed by atoms with Gasteiger partial charge in [-0.25, -0.2) is 5.48 Å². The second kappa shape index (κ2) is 8.82. The van der Waals surface area contributed by atoms with Crippen LogP contribution in [0, 0.1) is 0 Å². The molecule has 2 atom stereocenters. The van der Waals surface area contributed by atoms with Crippen LogP contribution < -0.4 is 22.3 Å². The van der Waals surface area contributed by atoms with E-state index in [0.29, 0.717) is 0 Å². The summed E-state index contributed by atoms with van der Waals surface area (Å²) < 4.78 is 0. The van der Waals surface area contributed by atoms with Crippen molar-refractivity contribution in [2.45, 2.75) is 37.8 Å². The molecule has 0 radical (unpaired) electrons. The number of hydrogen-bond acceptors (Lipinski definition) is 6. The van der Waals surface area contributed by atoms with E-state index in [-0.39, 0.29) is 25.7 Å². The molecule has 10 heteroatoms. The predicted octanol–water partition coefficient (Wildman–Crippen LogP) is -2.57. The van der Waals surface area contributed by atoms with Crippen LogP contribution in [0.5, 0.6) is 0 Å². The molecule has 2 unspecified atom stereocenters. The SMILES string of the molecule is NC(=O)CCC(NC(=O)CCC(N)C(=O)O)C(=O)NO. The Kier molecular flexibility index (Phi) is 7.85. The third-order valence-corrected chi connectivity index (χ3v) is 2.44. The van der Waals surface area contributed by atoms with Crippen molar-refractivity contribution in [1.82, 2.24) is 10.8 Å². The summed E-state index contributed by atoms with van der Waals surface area (Å²) in [4.78, 5) is 43.9. The van der Waals surface area contributed by atoms with E-state index in [1.54, 1.807) is 0 Å². The Bertz CT molecular complexity index is 386. The van der Waals surface area contributed by atoms with Gasteiger partial charge in [-0.2, -0.15) is 0 Å². The van der Waals surface area contributed by atoms with Gasteiger partial charge in [-0.1, -0.05) is 0 Å². The number of amides is 3. The van der Waals surface area contributed by atoms with Gasteiger partial charge in [-0.05, 0) is 12.8 Å². The molecule has 0 saturated heterocycles. The van der Waals surface area contributed by atoms with E-state index in [0.717, 1.165) is 0 Å². The van der Waals surface area contributed by atoms with Crippen molar-refractivity contribution in [2.24, 2.45) is 11.5 Å². The van der Waals surface area contributed by atoms with Crippen molar-refractivity contribution in [2.75, 3.05) is 0 Å². The zero-order chi connectivity index (χ0) is 15.7. The lowest BCUT2D eigenvalue weighted by molar-refractivity contribution is -0.139. The van der Waals surface area contributed by atoms with Gasteiger partial charge in [-0.3, -0.25) is 24.4 Å². The average molecular weight is 290 g/mol. The third-order valence-electron chi connectivity index (χ3n) is 2.44. The second-order valence-electron chi connectivity index (χ2n) is 4.08. The molecule has 0 aromatic carbocycles. The molecule has 0 fully saturated rings. The topological polar surface area (TPSA) is 185 Å².